The van der Waals surface area contributed by atoms with Gasteiger partial charge in [-0.15, -0.1) is 11.3 Å². The molecule has 2 heterocycles. The predicted molar refractivity (Wildman–Crippen MR) is 104 cm³/mol. The van der Waals surface area contributed by atoms with E-state index in [1.165, 1.54) is 17.7 Å². The lowest BCUT2D eigenvalue weighted by Crippen LogP contribution is -2.39. The van der Waals surface area contributed by atoms with Gasteiger partial charge in [0.05, 0.1) is 5.56 Å². The maximum absolute atomic E-state index is 12.2. The molecule has 0 spiro atoms. The first-order valence-corrected chi connectivity index (χ1v) is 9.98. The van der Waals surface area contributed by atoms with Crippen LogP contribution in [0.3, 0.4) is 0 Å². The van der Waals surface area contributed by atoms with Crippen molar-refractivity contribution in [3.63, 3.8) is 0 Å². The fourth-order valence-corrected chi connectivity index (χ4v) is 4.56. The van der Waals surface area contributed by atoms with Gasteiger partial charge in [-0.2, -0.15) is 0 Å². The van der Waals surface area contributed by atoms with Crippen molar-refractivity contribution in [2.24, 2.45) is 0 Å². The highest BCUT2D eigenvalue weighted by atomic mass is 127. The van der Waals surface area contributed by atoms with Gasteiger partial charge in [0.2, 0.25) is 0 Å². The molecular formula is C18H21IN2OS. The molecule has 1 aliphatic heterocycles. The summed E-state index contributed by atoms with van der Waals surface area (Å²) in [7, 11) is 0. The number of carbonyl (C=O) groups excluding carboxylic acids is 1. The number of likely N-dealkylation sites (tertiary alicyclic amines) is 1. The quantitative estimate of drug-likeness (QED) is 0.714. The van der Waals surface area contributed by atoms with E-state index in [1.807, 2.05) is 35.6 Å². The molecule has 0 aliphatic carbocycles. The summed E-state index contributed by atoms with van der Waals surface area (Å²) < 4.78 is 0.999. The van der Waals surface area contributed by atoms with Crippen LogP contribution < -0.4 is 5.32 Å². The van der Waals surface area contributed by atoms with Gasteiger partial charge >= 0.3 is 0 Å². The molecule has 0 bridgehead atoms. The monoisotopic (exact) mass is 440 g/mol. The van der Waals surface area contributed by atoms with Crippen LogP contribution in [-0.4, -0.2) is 37.0 Å². The van der Waals surface area contributed by atoms with Crippen molar-refractivity contribution in [2.75, 3.05) is 26.2 Å². The van der Waals surface area contributed by atoms with E-state index in [0.717, 1.165) is 34.7 Å². The molecule has 1 aromatic carbocycles. The number of amides is 1. The molecule has 3 rings (SSSR count). The molecule has 1 amide bonds. The minimum atomic E-state index is 0.0310. The average Bonchev–Trinajstić information content (AvgIpc) is 3.10. The smallest absolute Gasteiger partial charge is 0.252 e. The van der Waals surface area contributed by atoms with Crippen LogP contribution in [0.15, 0.2) is 41.8 Å². The Hall–Kier alpha value is -0.920. The second-order valence-electron chi connectivity index (χ2n) is 5.87. The molecule has 1 aromatic heterocycles. The molecular weight excluding hydrogens is 419 g/mol. The number of benzene rings is 1. The molecule has 1 N–H and O–H groups in total. The van der Waals surface area contributed by atoms with Crippen molar-refractivity contribution >= 4 is 39.8 Å². The van der Waals surface area contributed by atoms with E-state index in [4.69, 9.17) is 0 Å². The number of rotatable bonds is 5. The van der Waals surface area contributed by atoms with Crippen molar-refractivity contribution in [3.05, 3.63) is 55.8 Å². The van der Waals surface area contributed by atoms with E-state index < -0.39 is 0 Å². The second-order valence-corrected chi connectivity index (χ2v) is 8.01. The third-order valence-corrected chi connectivity index (χ3v) is 6.34. The Labute approximate surface area is 155 Å². The molecule has 23 heavy (non-hydrogen) atoms. The molecule has 0 radical (unpaired) electrons. The highest BCUT2D eigenvalue weighted by molar-refractivity contribution is 14.1. The lowest BCUT2D eigenvalue weighted by atomic mass is 9.95. The summed E-state index contributed by atoms with van der Waals surface area (Å²) in [5, 5.41) is 5.21. The van der Waals surface area contributed by atoms with E-state index in [2.05, 4.69) is 50.3 Å². The molecule has 0 unspecified atom stereocenters. The first kappa shape index (κ1) is 16.9. The minimum absolute atomic E-state index is 0.0310. The molecule has 0 atom stereocenters. The summed E-state index contributed by atoms with van der Waals surface area (Å²) in [6.07, 6.45) is 2.45. The fourth-order valence-electron chi connectivity index (χ4n) is 3.03. The fraction of sp³-hybridized carbons (Fsp3) is 0.389. The predicted octanol–water partition coefficient (Wildman–Crippen LogP) is 3.96. The maximum Gasteiger partial charge on any atom is 0.252 e. The summed E-state index contributed by atoms with van der Waals surface area (Å²) in [4.78, 5) is 16.2. The Balaban J connectivity index is 1.40. The second kappa shape index (κ2) is 8.26. The SMILES string of the molecule is O=C(NCCN1CCC(c2cccs2)CC1)c1ccccc1I. The zero-order valence-corrected chi connectivity index (χ0v) is 16.0. The van der Waals surface area contributed by atoms with E-state index >= 15 is 0 Å². The van der Waals surface area contributed by atoms with E-state index in [9.17, 15) is 4.79 Å². The van der Waals surface area contributed by atoms with Crippen molar-refractivity contribution < 1.29 is 4.79 Å². The summed E-state index contributed by atoms with van der Waals surface area (Å²) in [6.45, 7) is 3.91. The van der Waals surface area contributed by atoms with Crippen LogP contribution in [0.2, 0.25) is 0 Å². The number of carbonyl (C=O) groups is 1. The summed E-state index contributed by atoms with van der Waals surface area (Å²) in [6, 6.07) is 12.1. The van der Waals surface area contributed by atoms with Crippen molar-refractivity contribution in [3.8, 4) is 0 Å². The maximum atomic E-state index is 12.2. The van der Waals surface area contributed by atoms with Gasteiger partial charge in [-0.1, -0.05) is 18.2 Å². The Morgan fingerprint density at radius 3 is 2.70 bits per heavy atom. The molecule has 1 fully saturated rings. The van der Waals surface area contributed by atoms with Crippen LogP contribution in [-0.2, 0) is 0 Å². The highest BCUT2D eigenvalue weighted by Gasteiger charge is 2.21. The van der Waals surface area contributed by atoms with Crippen LogP contribution in [0, 0.1) is 3.57 Å². The van der Waals surface area contributed by atoms with Gasteiger partial charge in [0.1, 0.15) is 0 Å². The van der Waals surface area contributed by atoms with Crippen molar-refractivity contribution in [1.29, 1.82) is 0 Å². The molecule has 122 valence electrons. The van der Waals surface area contributed by atoms with Gasteiger partial charge in [-0.3, -0.25) is 4.79 Å². The molecule has 0 saturated carbocycles. The number of thiophene rings is 1. The van der Waals surface area contributed by atoms with Gasteiger partial charge in [0.25, 0.3) is 5.91 Å². The third-order valence-electron chi connectivity index (χ3n) is 4.37. The number of halogens is 1. The molecule has 1 aliphatic rings. The first-order valence-electron chi connectivity index (χ1n) is 8.02. The molecule has 2 aromatic rings. The Kier molecular flexibility index (Phi) is 6.08. The topological polar surface area (TPSA) is 32.3 Å². The van der Waals surface area contributed by atoms with E-state index in [-0.39, 0.29) is 5.91 Å². The normalized spacial score (nSPS) is 16.4. The number of hydrogen-bond donors (Lipinski definition) is 1. The van der Waals surface area contributed by atoms with Gasteiger partial charge in [-0.05, 0) is 78.0 Å². The molecule has 3 nitrogen and oxygen atoms in total. The average molecular weight is 440 g/mol. The Morgan fingerprint density at radius 1 is 1.22 bits per heavy atom. The molecule has 1 saturated heterocycles. The van der Waals surface area contributed by atoms with E-state index in [1.54, 1.807) is 0 Å². The summed E-state index contributed by atoms with van der Waals surface area (Å²) in [5.74, 6) is 0.759. The van der Waals surface area contributed by atoms with Crippen LogP contribution >= 0.6 is 33.9 Å². The van der Waals surface area contributed by atoms with Crippen LogP contribution in [0.25, 0.3) is 0 Å². The van der Waals surface area contributed by atoms with Crippen LogP contribution in [0.1, 0.15) is 34.0 Å². The largest absolute Gasteiger partial charge is 0.351 e. The number of nitrogens with one attached hydrogen (secondary N) is 1. The zero-order chi connectivity index (χ0) is 16.1. The standard InChI is InChI=1S/C18H21IN2OS/c19-16-5-2-1-4-15(16)18(22)20-9-12-21-10-7-14(8-11-21)17-6-3-13-23-17/h1-6,13-14H,7-12H2,(H,20,22). The first-order chi connectivity index (χ1) is 11.2. The lowest BCUT2D eigenvalue weighted by molar-refractivity contribution is 0.0945. The van der Waals surface area contributed by atoms with E-state index in [0.29, 0.717) is 6.54 Å². The zero-order valence-electron chi connectivity index (χ0n) is 13.0. The minimum Gasteiger partial charge on any atom is -0.351 e. The Morgan fingerprint density at radius 2 is 2.00 bits per heavy atom. The van der Waals surface area contributed by atoms with Gasteiger partial charge in [-0.25, -0.2) is 0 Å². The van der Waals surface area contributed by atoms with Crippen LogP contribution in [0.4, 0.5) is 0 Å². The van der Waals surface area contributed by atoms with Crippen molar-refractivity contribution in [1.82, 2.24) is 10.2 Å². The number of hydrogen-bond acceptors (Lipinski definition) is 3. The van der Waals surface area contributed by atoms with Crippen molar-refractivity contribution in [2.45, 2.75) is 18.8 Å². The third kappa shape index (κ3) is 4.55. The highest BCUT2D eigenvalue weighted by Crippen LogP contribution is 2.30. The van der Waals surface area contributed by atoms with Gasteiger partial charge in [0, 0.05) is 21.5 Å². The summed E-state index contributed by atoms with van der Waals surface area (Å²) in [5.41, 5.74) is 0.768. The lowest BCUT2D eigenvalue weighted by Gasteiger charge is -2.31. The Bertz CT molecular complexity index is 636. The molecule has 5 heteroatoms. The number of piperidine rings is 1. The van der Waals surface area contributed by atoms with Gasteiger partial charge in [0.15, 0.2) is 0 Å². The number of nitrogens with zero attached hydrogens (tertiary/aromatic N) is 1. The van der Waals surface area contributed by atoms with Crippen LogP contribution in [0.5, 0.6) is 0 Å². The van der Waals surface area contributed by atoms with Gasteiger partial charge < -0.3 is 10.2 Å². The summed E-state index contributed by atoms with van der Waals surface area (Å²) >= 11 is 4.08.